The van der Waals surface area contributed by atoms with Crippen molar-refractivity contribution in [1.82, 2.24) is 14.4 Å². The Balaban J connectivity index is 1.66. The molecule has 0 aliphatic rings. The first-order valence-electron chi connectivity index (χ1n) is 10.8. The van der Waals surface area contributed by atoms with Crippen LogP contribution in [0.5, 0.6) is 0 Å². The van der Waals surface area contributed by atoms with Gasteiger partial charge in [-0.3, -0.25) is 14.6 Å². The van der Waals surface area contributed by atoms with Crippen LogP contribution in [0.2, 0.25) is 0 Å². The molecule has 7 heteroatoms. The summed E-state index contributed by atoms with van der Waals surface area (Å²) in [6.45, 7) is 5.99. The third-order valence-electron chi connectivity index (χ3n) is 5.99. The summed E-state index contributed by atoms with van der Waals surface area (Å²) in [4.78, 5) is 20.1. The molecule has 0 spiro atoms. The van der Waals surface area contributed by atoms with E-state index in [4.69, 9.17) is 4.98 Å². The van der Waals surface area contributed by atoms with Crippen molar-refractivity contribution >= 4 is 39.6 Å². The zero-order valence-electron chi connectivity index (χ0n) is 18.6. The highest BCUT2D eigenvalue weighted by atomic mass is 16.1. The molecule has 0 unspecified atom stereocenters. The number of nitriles is 1. The molecule has 0 amide bonds. The van der Waals surface area contributed by atoms with Gasteiger partial charge in [0.25, 0.3) is 5.56 Å². The maximum Gasteiger partial charge on any atom is 0.257 e. The smallest absolute Gasteiger partial charge is 0.257 e. The highest BCUT2D eigenvalue weighted by Crippen LogP contribution is 2.31. The first-order chi connectivity index (χ1) is 16.0. The van der Waals surface area contributed by atoms with Crippen LogP contribution in [-0.2, 0) is 6.42 Å². The number of aromatic nitrogens is 3. The van der Waals surface area contributed by atoms with E-state index in [9.17, 15) is 10.1 Å². The molecule has 0 bridgehead atoms. The molecule has 0 atom stereocenters. The molecule has 7 nitrogen and oxygen atoms in total. The Labute approximate surface area is 190 Å². The predicted molar refractivity (Wildman–Crippen MR) is 132 cm³/mol. The second-order valence-electron chi connectivity index (χ2n) is 8.07. The lowest BCUT2D eigenvalue weighted by molar-refractivity contribution is 1.04. The minimum atomic E-state index is -0.207. The maximum absolute atomic E-state index is 12.5. The molecular formula is C26H22N6O. The van der Waals surface area contributed by atoms with Gasteiger partial charge in [0.15, 0.2) is 5.65 Å². The van der Waals surface area contributed by atoms with Gasteiger partial charge in [0.1, 0.15) is 11.9 Å². The third-order valence-corrected chi connectivity index (χ3v) is 5.99. The summed E-state index contributed by atoms with van der Waals surface area (Å²) in [5, 5.41) is 15.2. The molecule has 0 saturated heterocycles. The van der Waals surface area contributed by atoms with E-state index in [1.807, 2.05) is 73.7 Å². The Bertz CT molecular complexity index is 1680. The Morgan fingerprint density at radius 3 is 2.82 bits per heavy atom. The van der Waals surface area contributed by atoms with Gasteiger partial charge in [0.2, 0.25) is 0 Å². The van der Waals surface area contributed by atoms with Gasteiger partial charge >= 0.3 is 0 Å². The van der Waals surface area contributed by atoms with E-state index in [1.165, 1.54) is 6.21 Å². The van der Waals surface area contributed by atoms with Crippen LogP contribution in [0.4, 0.5) is 5.82 Å². The number of hydrogen-bond acceptors (Lipinski definition) is 5. The van der Waals surface area contributed by atoms with Crippen molar-refractivity contribution in [2.24, 2.45) is 5.10 Å². The largest absolute Gasteiger partial charge is 0.321 e. The second-order valence-corrected chi connectivity index (χ2v) is 8.07. The maximum atomic E-state index is 12.5. The van der Waals surface area contributed by atoms with Gasteiger partial charge < -0.3 is 4.98 Å². The number of nitrogens with one attached hydrogen (secondary N) is 2. The predicted octanol–water partition coefficient (Wildman–Crippen LogP) is 4.83. The van der Waals surface area contributed by atoms with Gasteiger partial charge in [-0.2, -0.15) is 10.4 Å². The minimum absolute atomic E-state index is 0.207. The fourth-order valence-corrected chi connectivity index (χ4v) is 4.34. The normalized spacial score (nSPS) is 11.6. The van der Waals surface area contributed by atoms with E-state index in [2.05, 4.69) is 21.6 Å². The molecule has 0 aliphatic carbocycles. The molecule has 0 radical (unpaired) electrons. The van der Waals surface area contributed by atoms with Crippen molar-refractivity contribution in [1.29, 1.82) is 5.26 Å². The number of rotatable bonds is 4. The molecule has 0 aliphatic heterocycles. The first-order valence-corrected chi connectivity index (χ1v) is 10.8. The van der Waals surface area contributed by atoms with Crippen LogP contribution >= 0.6 is 0 Å². The average Bonchev–Trinajstić information content (AvgIpc) is 3.19. The Morgan fingerprint density at radius 1 is 1.21 bits per heavy atom. The summed E-state index contributed by atoms with van der Waals surface area (Å²) < 4.78 is 1.94. The van der Waals surface area contributed by atoms with Gasteiger partial charge in [0, 0.05) is 5.52 Å². The average molecular weight is 435 g/mol. The molecule has 0 saturated carbocycles. The number of imidazole rings is 1. The molecule has 33 heavy (non-hydrogen) atoms. The molecule has 2 aromatic carbocycles. The quantitative estimate of drug-likeness (QED) is 0.313. The Morgan fingerprint density at radius 2 is 2.03 bits per heavy atom. The number of anilines is 1. The van der Waals surface area contributed by atoms with Gasteiger partial charge in [-0.1, -0.05) is 30.7 Å². The summed E-state index contributed by atoms with van der Waals surface area (Å²) in [7, 11) is 0. The summed E-state index contributed by atoms with van der Waals surface area (Å²) in [5.41, 5.74) is 9.97. The van der Waals surface area contributed by atoms with Crippen LogP contribution < -0.4 is 11.0 Å². The number of pyridine rings is 2. The fourth-order valence-electron chi connectivity index (χ4n) is 4.34. The topological polar surface area (TPSA) is 98.3 Å². The van der Waals surface area contributed by atoms with Crippen molar-refractivity contribution in [2.75, 3.05) is 5.43 Å². The van der Waals surface area contributed by atoms with Crippen molar-refractivity contribution in [3.8, 4) is 6.07 Å². The highest BCUT2D eigenvalue weighted by Gasteiger charge is 2.19. The van der Waals surface area contributed by atoms with Crippen molar-refractivity contribution in [3.05, 3.63) is 86.7 Å². The number of benzene rings is 2. The van der Waals surface area contributed by atoms with Crippen molar-refractivity contribution in [3.63, 3.8) is 0 Å². The fraction of sp³-hybridized carbons (Fsp3) is 0.154. The molecule has 3 heterocycles. The van der Waals surface area contributed by atoms with Crippen LogP contribution in [-0.4, -0.2) is 20.6 Å². The summed E-state index contributed by atoms with van der Waals surface area (Å²) in [6.07, 6.45) is 2.23. The standard InChI is InChI=1S/C26H22N6O/c1-4-19-16(3)20(13-27)24-29-22-7-5-6-8-23(22)32(24)25(19)31-28-14-18-12-17-11-15(2)9-10-21(17)30-26(18)33/h5-12,14,31H,4H2,1-3H3,(H,30,33). The molecule has 5 rings (SSSR count). The number of nitrogens with zero attached hydrogens (tertiary/aromatic N) is 4. The van der Waals surface area contributed by atoms with Crippen molar-refractivity contribution < 1.29 is 0 Å². The van der Waals surface area contributed by atoms with E-state index in [0.717, 1.165) is 44.4 Å². The number of fused-ring (bicyclic) bond motifs is 4. The van der Waals surface area contributed by atoms with Crippen molar-refractivity contribution in [2.45, 2.75) is 27.2 Å². The lowest BCUT2D eigenvalue weighted by atomic mass is 10.0. The van der Waals surface area contributed by atoms with Gasteiger partial charge in [-0.15, -0.1) is 0 Å². The lowest BCUT2D eigenvalue weighted by Gasteiger charge is -2.15. The Hall–Kier alpha value is -4.44. The summed E-state index contributed by atoms with van der Waals surface area (Å²) >= 11 is 0. The molecule has 5 aromatic rings. The number of hydrazone groups is 1. The molecule has 0 fully saturated rings. The van der Waals surface area contributed by atoms with Crippen LogP contribution in [0.3, 0.4) is 0 Å². The van der Waals surface area contributed by atoms with Gasteiger partial charge in [0.05, 0.1) is 28.4 Å². The summed E-state index contributed by atoms with van der Waals surface area (Å²) in [5.74, 6) is 0.738. The number of hydrogen-bond donors (Lipinski definition) is 2. The van der Waals surface area contributed by atoms with Gasteiger partial charge in [-0.05, 0) is 67.1 Å². The summed E-state index contributed by atoms with van der Waals surface area (Å²) in [6, 6.07) is 17.8. The highest BCUT2D eigenvalue weighted by molar-refractivity contribution is 5.89. The molecule has 3 aromatic heterocycles. The van der Waals surface area contributed by atoms with Crippen LogP contribution in [0.1, 0.15) is 34.7 Å². The van der Waals surface area contributed by atoms with Crippen LogP contribution in [0.15, 0.2) is 58.4 Å². The second kappa shape index (κ2) is 7.92. The van der Waals surface area contributed by atoms with E-state index >= 15 is 0 Å². The number of H-pyrrole nitrogens is 1. The Kier molecular flexibility index (Phi) is 4.91. The van der Waals surface area contributed by atoms with Crippen LogP contribution in [0, 0.1) is 25.2 Å². The molecule has 162 valence electrons. The van der Waals surface area contributed by atoms with Gasteiger partial charge in [-0.25, -0.2) is 4.98 Å². The molecular weight excluding hydrogens is 412 g/mol. The first kappa shape index (κ1) is 20.5. The minimum Gasteiger partial charge on any atom is -0.321 e. The van der Waals surface area contributed by atoms with E-state index in [0.29, 0.717) is 23.2 Å². The number of aryl methyl sites for hydroxylation is 1. The number of aromatic amines is 1. The number of para-hydroxylation sites is 2. The lowest BCUT2D eigenvalue weighted by Crippen LogP contribution is -2.13. The van der Waals surface area contributed by atoms with Crippen LogP contribution in [0.25, 0.3) is 27.6 Å². The van der Waals surface area contributed by atoms with E-state index in [1.54, 1.807) is 0 Å². The SMILES string of the molecule is CCc1c(C)c(C#N)c2nc3ccccc3n2c1NN=Cc1cc2cc(C)ccc2[nH]c1=O. The van der Waals surface area contributed by atoms with E-state index < -0.39 is 0 Å². The third kappa shape index (κ3) is 3.33. The zero-order chi connectivity index (χ0) is 23.1. The molecule has 2 N–H and O–H groups in total. The van der Waals surface area contributed by atoms with E-state index in [-0.39, 0.29) is 5.56 Å². The monoisotopic (exact) mass is 434 g/mol. The zero-order valence-corrected chi connectivity index (χ0v) is 18.6.